The number of nitrogens with zero attached hydrogens (tertiary/aromatic N) is 3. The second kappa shape index (κ2) is 12.5. The van der Waals surface area contributed by atoms with Crippen LogP contribution in [0.1, 0.15) is 29.3 Å². The van der Waals surface area contributed by atoms with Crippen molar-refractivity contribution < 1.29 is 9.47 Å². The van der Waals surface area contributed by atoms with Crippen LogP contribution in [0.3, 0.4) is 0 Å². The normalized spacial score (nSPS) is 15.2. The molecule has 30 heavy (non-hydrogen) atoms. The lowest BCUT2D eigenvalue weighted by Gasteiger charge is -2.26. The second-order valence-electron chi connectivity index (χ2n) is 7.07. The van der Waals surface area contributed by atoms with Crippen molar-refractivity contribution in [1.29, 1.82) is 0 Å². The fourth-order valence-electron chi connectivity index (χ4n) is 3.12. The molecule has 0 saturated carbocycles. The zero-order valence-electron chi connectivity index (χ0n) is 18.0. The van der Waals surface area contributed by atoms with E-state index in [1.54, 1.807) is 11.3 Å². The zero-order chi connectivity index (χ0) is 21.0. The number of nitrogens with one attached hydrogen (secondary N) is 2. The average molecular weight is 432 g/mol. The van der Waals surface area contributed by atoms with Crippen LogP contribution >= 0.6 is 11.3 Å². The lowest BCUT2D eigenvalue weighted by Crippen LogP contribution is -2.38. The number of aromatic nitrogens is 1. The molecular weight excluding hydrogens is 398 g/mol. The number of thiazole rings is 1. The summed E-state index contributed by atoms with van der Waals surface area (Å²) in [6.07, 6.45) is 2.98. The number of hydrogen-bond donors (Lipinski definition) is 2. The second-order valence-corrected chi connectivity index (χ2v) is 8.27. The number of rotatable bonds is 10. The van der Waals surface area contributed by atoms with Gasteiger partial charge in [-0.15, -0.1) is 11.3 Å². The van der Waals surface area contributed by atoms with Crippen molar-refractivity contribution in [2.75, 3.05) is 46.0 Å². The van der Waals surface area contributed by atoms with Crippen molar-refractivity contribution >= 4 is 17.3 Å². The molecule has 0 amide bonds. The van der Waals surface area contributed by atoms with E-state index in [9.17, 15) is 0 Å². The highest BCUT2D eigenvalue weighted by Crippen LogP contribution is 2.15. The predicted molar refractivity (Wildman–Crippen MR) is 122 cm³/mol. The van der Waals surface area contributed by atoms with E-state index >= 15 is 0 Å². The third-order valence-corrected chi connectivity index (χ3v) is 5.94. The molecule has 0 atom stereocenters. The van der Waals surface area contributed by atoms with Crippen LogP contribution in [-0.2, 0) is 24.2 Å². The van der Waals surface area contributed by atoms with Gasteiger partial charge in [0.1, 0.15) is 17.4 Å². The van der Waals surface area contributed by atoms with Gasteiger partial charge in [0.2, 0.25) is 0 Å². The highest BCUT2D eigenvalue weighted by Gasteiger charge is 2.10. The Morgan fingerprint density at radius 2 is 2.13 bits per heavy atom. The fraction of sp³-hybridized carbons (Fsp3) is 0.545. The van der Waals surface area contributed by atoms with Gasteiger partial charge in [0.25, 0.3) is 0 Å². The van der Waals surface area contributed by atoms with E-state index in [2.05, 4.69) is 46.5 Å². The van der Waals surface area contributed by atoms with E-state index in [0.717, 1.165) is 68.1 Å². The summed E-state index contributed by atoms with van der Waals surface area (Å²) in [6.45, 7) is 11.5. The third-order valence-electron chi connectivity index (χ3n) is 4.80. The van der Waals surface area contributed by atoms with Gasteiger partial charge in [-0.1, -0.05) is 19.1 Å². The highest BCUT2D eigenvalue weighted by atomic mass is 32.1. The number of morpholine rings is 1. The van der Waals surface area contributed by atoms with Gasteiger partial charge in [-0.25, -0.2) is 9.98 Å². The van der Waals surface area contributed by atoms with Crippen LogP contribution in [0, 0.1) is 0 Å². The Kier molecular flexibility index (Phi) is 9.40. The molecule has 1 aromatic carbocycles. The summed E-state index contributed by atoms with van der Waals surface area (Å²) in [5.74, 6) is 1.69. The van der Waals surface area contributed by atoms with E-state index in [1.165, 1.54) is 4.88 Å². The number of aryl methyl sites for hydroxylation is 1. The lowest BCUT2D eigenvalue weighted by atomic mass is 10.2. The molecule has 1 aliphatic heterocycles. The van der Waals surface area contributed by atoms with E-state index < -0.39 is 0 Å². The molecule has 2 heterocycles. The SMILES string of the molecule is CCNC(=NCc1cccc(OCCN2CCOCC2)c1)NCc1ncc(CC)s1. The van der Waals surface area contributed by atoms with Crippen molar-refractivity contribution in [1.82, 2.24) is 20.5 Å². The minimum absolute atomic E-state index is 0.591. The largest absolute Gasteiger partial charge is 0.492 e. The standard InChI is InChI=1S/C22H33N5O2S/c1-3-20-16-24-21(30-20)17-26-22(23-4-2)25-15-18-6-5-7-19(14-18)29-13-10-27-8-11-28-12-9-27/h5-7,14,16H,3-4,8-13,15,17H2,1-2H3,(H2,23,25,26). The number of benzene rings is 1. The number of guanidine groups is 1. The van der Waals surface area contributed by atoms with E-state index in [-0.39, 0.29) is 0 Å². The van der Waals surface area contributed by atoms with Crippen LogP contribution in [-0.4, -0.2) is 61.8 Å². The van der Waals surface area contributed by atoms with Crippen LogP contribution in [0.2, 0.25) is 0 Å². The van der Waals surface area contributed by atoms with Gasteiger partial charge in [0.15, 0.2) is 5.96 Å². The van der Waals surface area contributed by atoms with Crippen molar-refractivity contribution in [3.63, 3.8) is 0 Å². The van der Waals surface area contributed by atoms with Crippen LogP contribution in [0.25, 0.3) is 0 Å². The van der Waals surface area contributed by atoms with Crippen molar-refractivity contribution in [2.45, 2.75) is 33.4 Å². The minimum Gasteiger partial charge on any atom is -0.492 e. The third kappa shape index (κ3) is 7.59. The van der Waals surface area contributed by atoms with Gasteiger partial charge in [-0.05, 0) is 31.0 Å². The number of aliphatic imine (C=N–C) groups is 1. The van der Waals surface area contributed by atoms with Gasteiger partial charge >= 0.3 is 0 Å². The molecule has 0 radical (unpaired) electrons. The topological polar surface area (TPSA) is 71.0 Å². The van der Waals surface area contributed by atoms with E-state index in [0.29, 0.717) is 19.7 Å². The lowest BCUT2D eigenvalue weighted by molar-refractivity contribution is 0.0322. The Bertz CT molecular complexity index is 789. The summed E-state index contributed by atoms with van der Waals surface area (Å²) in [7, 11) is 0. The summed E-state index contributed by atoms with van der Waals surface area (Å²) in [5.41, 5.74) is 1.12. The zero-order valence-corrected chi connectivity index (χ0v) is 18.8. The van der Waals surface area contributed by atoms with Gasteiger partial charge in [0.05, 0.1) is 26.3 Å². The first-order valence-electron chi connectivity index (χ1n) is 10.7. The summed E-state index contributed by atoms with van der Waals surface area (Å²) >= 11 is 1.74. The summed E-state index contributed by atoms with van der Waals surface area (Å²) < 4.78 is 11.3. The van der Waals surface area contributed by atoms with Gasteiger partial charge in [0, 0.05) is 37.3 Å². The minimum atomic E-state index is 0.591. The molecule has 1 aromatic heterocycles. The molecule has 0 bridgehead atoms. The summed E-state index contributed by atoms with van der Waals surface area (Å²) in [4.78, 5) is 12.8. The van der Waals surface area contributed by atoms with Crippen molar-refractivity contribution in [3.05, 3.63) is 45.9 Å². The maximum absolute atomic E-state index is 5.95. The average Bonchev–Trinajstić information content (AvgIpc) is 3.25. The fourth-order valence-corrected chi connectivity index (χ4v) is 3.92. The molecule has 1 fully saturated rings. The Labute approximate surface area is 183 Å². The van der Waals surface area contributed by atoms with Crippen LogP contribution in [0.15, 0.2) is 35.5 Å². The van der Waals surface area contributed by atoms with Gasteiger partial charge < -0.3 is 20.1 Å². The van der Waals surface area contributed by atoms with Gasteiger partial charge in [-0.3, -0.25) is 4.90 Å². The highest BCUT2D eigenvalue weighted by molar-refractivity contribution is 7.11. The quantitative estimate of drug-likeness (QED) is 0.445. The Morgan fingerprint density at radius 1 is 1.27 bits per heavy atom. The summed E-state index contributed by atoms with van der Waals surface area (Å²) in [5, 5.41) is 7.74. The van der Waals surface area contributed by atoms with Crippen LogP contribution in [0.4, 0.5) is 0 Å². The first kappa shape index (κ1) is 22.5. The molecule has 2 N–H and O–H groups in total. The maximum atomic E-state index is 5.95. The van der Waals surface area contributed by atoms with Gasteiger partial charge in [-0.2, -0.15) is 0 Å². The first-order valence-corrected chi connectivity index (χ1v) is 11.6. The predicted octanol–water partition coefficient (Wildman–Crippen LogP) is 2.67. The van der Waals surface area contributed by atoms with Crippen LogP contribution in [0.5, 0.6) is 5.75 Å². The smallest absolute Gasteiger partial charge is 0.191 e. The Morgan fingerprint density at radius 3 is 2.90 bits per heavy atom. The van der Waals surface area contributed by atoms with E-state index in [1.807, 2.05) is 18.3 Å². The maximum Gasteiger partial charge on any atom is 0.191 e. The monoisotopic (exact) mass is 431 g/mol. The van der Waals surface area contributed by atoms with E-state index in [4.69, 9.17) is 14.5 Å². The number of ether oxygens (including phenoxy) is 2. The molecule has 0 unspecified atom stereocenters. The Balaban J connectivity index is 1.48. The van der Waals surface area contributed by atoms with Crippen LogP contribution < -0.4 is 15.4 Å². The molecule has 8 heteroatoms. The molecule has 0 aliphatic carbocycles. The molecule has 7 nitrogen and oxygen atoms in total. The molecule has 164 valence electrons. The molecule has 0 spiro atoms. The molecule has 1 aliphatic rings. The summed E-state index contributed by atoms with van der Waals surface area (Å²) in [6, 6.07) is 8.18. The molecular formula is C22H33N5O2S. The van der Waals surface area contributed by atoms with Crippen molar-refractivity contribution in [3.8, 4) is 5.75 Å². The molecule has 3 rings (SSSR count). The van der Waals surface area contributed by atoms with Crippen molar-refractivity contribution in [2.24, 2.45) is 4.99 Å². The first-order chi connectivity index (χ1) is 14.8. The molecule has 2 aromatic rings. The Hall–Kier alpha value is -2.16. The molecule has 1 saturated heterocycles. The number of hydrogen-bond acceptors (Lipinski definition) is 6.